The summed E-state index contributed by atoms with van der Waals surface area (Å²) in [4.78, 5) is 0.173. The van der Waals surface area contributed by atoms with Crippen molar-refractivity contribution in [2.75, 3.05) is 11.3 Å². The highest BCUT2D eigenvalue weighted by Gasteiger charge is 2.15. The number of benzene rings is 2. The number of hydrogen-bond donors (Lipinski definition) is 1. The Morgan fingerprint density at radius 1 is 1.08 bits per heavy atom. The van der Waals surface area contributed by atoms with E-state index in [1.165, 1.54) is 23.9 Å². The average molecular weight is 371 g/mol. The molecule has 26 heavy (non-hydrogen) atoms. The van der Waals surface area contributed by atoms with Crippen molar-refractivity contribution in [1.29, 1.82) is 0 Å². The SMILES string of the molecule is CCOc1ccc(S(=O)(=O)Nc2cnn(Cc3ccc(C)cc3)c2)cc1. The van der Waals surface area contributed by atoms with Gasteiger partial charge in [0.2, 0.25) is 0 Å². The molecule has 1 aromatic heterocycles. The van der Waals surface area contributed by atoms with Crippen LogP contribution in [-0.2, 0) is 16.6 Å². The van der Waals surface area contributed by atoms with E-state index in [1.54, 1.807) is 23.0 Å². The Kier molecular flexibility index (Phi) is 5.27. The highest BCUT2D eigenvalue weighted by molar-refractivity contribution is 7.92. The summed E-state index contributed by atoms with van der Waals surface area (Å²) in [6.07, 6.45) is 3.17. The van der Waals surface area contributed by atoms with Gasteiger partial charge in [-0.05, 0) is 43.7 Å². The number of ether oxygens (including phenoxy) is 1. The Balaban J connectivity index is 1.70. The number of sulfonamides is 1. The Hall–Kier alpha value is -2.80. The summed E-state index contributed by atoms with van der Waals surface area (Å²) in [6.45, 7) is 5.02. The topological polar surface area (TPSA) is 73.2 Å². The van der Waals surface area contributed by atoms with Gasteiger partial charge in [0.25, 0.3) is 10.0 Å². The lowest BCUT2D eigenvalue weighted by Crippen LogP contribution is -2.12. The first kappa shape index (κ1) is 18.0. The molecule has 0 radical (unpaired) electrons. The summed E-state index contributed by atoms with van der Waals surface area (Å²) in [5.74, 6) is 0.636. The van der Waals surface area contributed by atoms with Gasteiger partial charge in [-0.1, -0.05) is 29.8 Å². The number of anilines is 1. The lowest BCUT2D eigenvalue weighted by molar-refractivity contribution is 0.340. The fraction of sp³-hybridized carbons (Fsp3) is 0.211. The van der Waals surface area contributed by atoms with Gasteiger partial charge >= 0.3 is 0 Å². The largest absolute Gasteiger partial charge is 0.494 e. The number of nitrogens with zero attached hydrogens (tertiary/aromatic N) is 2. The smallest absolute Gasteiger partial charge is 0.261 e. The maximum atomic E-state index is 12.5. The van der Waals surface area contributed by atoms with Crippen LogP contribution in [0.25, 0.3) is 0 Å². The van der Waals surface area contributed by atoms with E-state index in [9.17, 15) is 8.42 Å². The average Bonchev–Trinajstić information content (AvgIpc) is 3.04. The first-order valence-electron chi connectivity index (χ1n) is 8.30. The zero-order valence-corrected chi connectivity index (χ0v) is 15.5. The molecule has 0 amide bonds. The zero-order valence-electron chi connectivity index (χ0n) is 14.7. The molecular weight excluding hydrogens is 350 g/mol. The maximum absolute atomic E-state index is 12.5. The van der Waals surface area contributed by atoms with Crippen LogP contribution in [0.1, 0.15) is 18.1 Å². The van der Waals surface area contributed by atoms with Crippen molar-refractivity contribution in [3.63, 3.8) is 0 Å². The quantitative estimate of drug-likeness (QED) is 0.690. The summed E-state index contributed by atoms with van der Waals surface area (Å²) in [7, 11) is -3.67. The molecule has 0 saturated heterocycles. The van der Waals surface area contributed by atoms with Gasteiger partial charge in [0, 0.05) is 6.20 Å². The fourth-order valence-electron chi connectivity index (χ4n) is 2.48. The number of nitrogens with one attached hydrogen (secondary N) is 1. The van der Waals surface area contributed by atoms with Crippen LogP contribution in [0.2, 0.25) is 0 Å². The van der Waals surface area contributed by atoms with Crippen LogP contribution in [-0.4, -0.2) is 24.8 Å². The van der Waals surface area contributed by atoms with Gasteiger partial charge in [0.15, 0.2) is 0 Å². The van der Waals surface area contributed by atoms with Crippen LogP contribution in [0, 0.1) is 6.92 Å². The lowest BCUT2D eigenvalue weighted by Gasteiger charge is -2.07. The molecular formula is C19H21N3O3S. The molecule has 3 rings (SSSR count). The second kappa shape index (κ2) is 7.61. The van der Waals surface area contributed by atoms with E-state index in [1.807, 2.05) is 38.1 Å². The third-order valence-electron chi connectivity index (χ3n) is 3.80. The normalized spacial score (nSPS) is 11.3. The van der Waals surface area contributed by atoms with Crippen molar-refractivity contribution in [2.45, 2.75) is 25.3 Å². The minimum atomic E-state index is -3.67. The molecule has 0 atom stereocenters. The number of rotatable bonds is 7. The van der Waals surface area contributed by atoms with Crippen molar-refractivity contribution in [1.82, 2.24) is 9.78 Å². The molecule has 0 bridgehead atoms. The fourth-order valence-corrected chi connectivity index (χ4v) is 3.51. The highest BCUT2D eigenvalue weighted by Crippen LogP contribution is 2.19. The van der Waals surface area contributed by atoms with Gasteiger partial charge < -0.3 is 4.74 Å². The van der Waals surface area contributed by atoms with Crippen LogP contribution in [0.5, 0.6) is 5.75 Å². The maximum Gasteiger partial charge on any atom is 0.261 e. The van der Waals surface area contributed by atoms with Crippen molar-refractivity contribution in [3.05, 3.63) is 72.1 Å². The summed E-state index contributed by atoms with van der Waals surface area (Å²) in [5, 5.41) is 4.22. The molecule has 0 aliphatic carbocycles. The van der Waals surface area contributed by atoms with Crippen LogP contribution in [0.4, 0.5) is 5.69 Å². The summed E-state index contributed by atoms with van der Waals surface area (Å²) in [5.41, 5.74) is 2.71. The minimum Gasteiger partial charge on any atom is -0.494 e. The van der Waals surface area contributed by atoms with Gasteiger partial charge in [-0.3, -0.25) is 9.40 Å². The van der Waals surface area contributed by atoms with Crippen LogP contribution >= 0.6 is 0 Å². The van der Waals surface area contributed by atoms with Crippen molar-refractivity contribution in [2.24, 2.45) is 0 Å². The van der Waals surface area contributed by atoms with Gasteiger partial charge in [-0.25, -0.2) is 8.42 Å². The zero-order chi connectivity index (χ0) is 18.6. The van der Waals surface area contributed by atoms with E-state index in [4.69, 9.17) is 4.74 Å². The highest BCUT2D eigenvalue weighted by atomic mass is 32.2. The molecule has 1 heterocycles. The minimum absolute atomic E-state index is 0.173. The Labute approximate surface area is 153 Å². The van der Waals surface area contributed by atoms with E-state index in [0.29, 0.717) is 24.6 Å². The van der Waals surface area contributed by atoms with Gasteiger partial charge in [-0.15, -0.1) is 0 Å². The van der Waals surface area contributed by atoms with Crippen LogP contribution in [0.15, 0.2) is 65.8 Å². The molecule has 3 aromatic rings. The molecule has 1 N–H and O–H groups in total. The monoisotopic (exact) mass is 371 g/mol. The van der Waals surface area contributed by atoms with Crippen molar-refractivity contribution in [3.8, 4) is 5.75 Å². The van der Waals surface area contributed by atoms with Crippen LogP contribution in [0.3, 0.4) is 0 Å². The third kappa shape index (κ3) is 4.43. The first-order valence-corrected chi connectivity index (χ1v) is 9.78. The predicted octanol–water partition coefficient (Wildman–Crippen LogP) is 3.44. The number of aryl methyl sites for hydroxylation is 1. The second-order valence-electron chi connectivity index (χ2n) is 5.92. The van der Waals surface area contributed by atoms with E-state index < -0.39 is 10.0 Å². The Bertz CT molecular complexity index is 962. The molecule has 6 nitrogen and oxygen atoms in total. The molecule has 0 unspecified atom stereocenters. The van der Waals surface area contributed by atoms with Gasteiger partial charge in [0.1, 0.15) is 5.75 Å². The van der Waals surface area contributed by atoms with E-state index in [2.05, 4.69) is 9.82 Å². The van der Waals surface area contributed by atoms with E-state index >= 15 is 0 Å². The third-order valence-corrected chi connectivity index (χ3v) is 5.19. The number of hydrogen-bond acceptors (Lipinski definition) is 4. The van der Waals surface area contributed by atoms with Crippen molar-refractivity contribution < 1.29 is 13.2 Å². The van der Waals surface area contributed by atoms with Gasteiger partial charge in [-0.2, -0.15) is 5.10 Å². The summed E-state index contributed by atoms with van der Waals surface area (Å²) >= 11 is 0. The molecule has 0 fully saturated rings. The summed E-state index contributed by atoms with van der Waals surface area (Å²) in [6, 6.07) is 14.4. The Morgan fingerprint density at radius 3 is 2.42 bits per heavy atom. The Morgan fingerprint density at radius 2 is 1.77 bits per heavy atom. The molecule has 0 spiro atoms. The molecule has 0 aliphatic rings. The molecule has 0 saturated carbocycles. The molecule has 136 valence electrons. The van der Waals surface area contributed by atoms with E-state index in [-0.39, 0.29) is 4.90 Å². The first-order chi connectivity index (χ1) is 12.5. The lowest BCUT2D eigenvalue weighted by atomic mass is 10.1. The second-order valence-corrected chi connectivity index (χ2v) is 7.60. The molecule has 0 aliphatic heterocycles. The molecule has 7 heteroatoms. The van der Waals surface area contributed by atoms with Crippen molar-refractivity contribution >= 4 is 15.7 Å². The predicted molar refractivity (Wildman–Crippen MR) is 101 cm³/mol. The van der Waals surface area contributed by atoms with Crippen LogP contribution < -0.4 is 9.46 Å². The number of aromatic nitrogens is 2. The van der Waals surface area contributed by atoms with Gasteiger partial charge in [0.05, 0.1) is 29.9 Å². The molecule has 2 aromatic carbocycles. The van der Waals surface area contributed by atoms with E-state index in [0.717, 1.165) is 5.56 Å². The summed E-state index contributed by atoms with van der Waals surface area (Å²) < 4.78 is 34.5. The standard InChI is InChI=1S/C19H21N3O3S/c1-3-25-18-8-10-19(11-9-18)26(23,24)21-17-12-20-22(14-17)13-16-6-4-15(2)5-7-16/h4-12,14,21H,3,13H2,1-2H3.